The van der Waals surface area contributed by atoms with Crippen LogP contribution in [0.1, 0.15) is 22.7 Å². The van der Waals surface area contributed by atoms with Crippen molar-refractivity contribution in [2.45, 2.75) is 16.1 Å². The fourth-order valence-electron chi connectivity index (χ4n) is 3.97. The smallest absolute Gasteiger partial charge is 0.296 e. The van der Waals surface area contributed by atoms with E-state index in [9.17, 15) is 24.2 Å². The lowest BCUT2D eigenvalue weighted by Crippen LogP contribution is -2.30. The molecule has 190 valence electrons. The number of aromatic hydroxyl groups is 1. The monoisotopic (exact) mass is 545 g/mol. The Bertz CT molecular complexity index is 1550. The molecule has 0 aliphatic carbocycles. The van der Waals surface area contributed by atoms with Crippen molar-refractivity contribution in [2.24, 2.45) is 0 Å². The lowest BCUT2D eigenvalue weighted by molar-refractivity contribution is -0.117. The third-order valence-electron chi connectivity index (χ3n) is 5.82. The van der Waals surface area contributed by atoms with Crippen molar-refractivity contribution >= 4 is 46.0 Å². The number of allylic oxidation sites excluding steroid dienone is 1. The SMILES string of the molecule is O=C(C=Cc1ccccc1)C1=C(O)C(=O)N(c2nnc(SCc3ccccc3F)s2)C1c1ccc(O)cc1. The minimum Gasteiger partial charge on any atom is -0.508 e. The van der Waals surface area contributed by atoms with Gasteiger partial charge in [0.2, 0.25) is 5.13 Å². The summed E-state index contributed by atoms with van der Waals surface area (Å²) >= 11 is 2.35. The summed E-state index contributed by atoms with van der Waals surface area (Å²) < 4.78 is 14.5. The summed E-state index contributed by atoms with van der Waals surface area (Å²) in [6, 6.07) is 20.6. The molecule has 3 aromatic carbocycles. The number of ketones is 1. The Kier molecular flexibility index (Phi) is 7.34. The third-order valence-corrected chi connectivity index (χ3v) is 7.92. The van der Waals surface area contributed by atoms with Gasteiger partial charge < -0.3 is 10.2 Å². The van der Waals surface area contributed by atoms with Crippen molar-refractivity contribution in [3.63, 3.8) is 0 Å². The highest BCUT2D eigenvalue weighted by Crippen LogP contribution is 2.43. The first kappa shape index (κ1) is 25.4. The summed E-state index contributed by atoms with van der Waals surface area (Å²) in [5.74, 6) is -2.01. The van der Waals surface area contributed by atoms with Crippen molar-refractivity contribution in [3.05, 3.63) is 119 Å². The predicted molar refractivity (Wildman–Crippen MR) is 144 cm³/mol. The van der Waals surface area contributed by atoms with E-state index in [4.69, 9.17) is 0 Å². The molecule has 38 heavy (non-hydrogen) atoms. The molecule has 7 nitrogen and oxygen atoms in total. The highest BCUT2D eigenvalue weighted by molar-refractivity contribution is 8.00. The Morgan fingerprint density at radius 2 is 1.71 bits per heavy atom. The zero-order chi connectivity index (χ0) is 26.6. The Morgan fingerprint density at radius 1 is 1.00 bits per heavy atom. The second-order valence-electron chi connectivity index (χ2n) is 8.27. The molecule has 1 aromatic heterocycles. The molecule has 1 atom stereocenters. The van der Waals surface area contributed by atoms with E-state index >= 15 is 0 Å². The van der Waals surface area contributed by atoms with Crippen LogP contribution in [0.5, 0.6) is 5.75 Å². The molecule has 1 aliphatic heterocycles. The van der Waals surface area contributed by atoms with E-state index in [1.54, 1.807) is 36.4 Å². The van der Waals surface area contributed by atoms with Crippen molar-refractivity contribution in [3.8, 4) is 5.75 Å². The lowest BCUT2D eigenvalue weighted by atomic mass is 9.95. The van der Waals surface area contributed by atoms with Gasteiger partial charge >= 0.3 is 0 Å². The molecule has 2 heterocycles. The zero-order valence-electron chi connectivity index (χ0n) is 19.7. The number of carbonyl (C=O) groups excluding carboxylic acids is 2. The molecule has 4 aromatic rings. The first-order valence-corrected chi connectivity index (χ1v) is 13.3. The Hall–Kier alpha value is -4.28. The molecule has 0 spiro atoms. The number of halogens is 1. The number of benzene rings is 3. The molecular weight excluding hydrogens is 525 g/mol. The van der Waals surface area contributed by atoms with E-state index in [0.717, 1.165) is 16.9 Å². The molecule has 10 heteroatoms. The van der Waals surface area contributed by atoms with Crippen molar-refractivity contribution < 1.29 is 24.2 Å². The van der Waals surface area contributed by atoms with Gasteiger partial charge in [-0.3, -0.25) is 14.5 Å². The maximum atomic E-state index is 14.0. The quantitative estimate of drug-likeness (QED) is 0.162. The first-order chi connectivity index (χ1) is 18.4. The summed E-state index contributed by atoms with van der Waals surface area (Å²) in [5, 5.41) is 29.0. The molecular formula is C28H20FN3O4S2. The fraction of sp³-hybridized carbons (Fsp3) is 0.0714. The van der Waals surface area contributed by atoms with Gasteiger partial charge in [-0.05, 0) is 41.0 Å². The number of aliphatic hydroxyl groups excluding tert-OH is 1. The maximum absolute atomic E-state index is 14.0. The number of thioether (sulfide) groups is 1. The normalized spacial score (nSPS) is 15.6. The highest BCUT2D eigenvalue weighted by atomic mass is 32.2. The average Bonchev–Trinajstić information content (AvgIpc) is 3.50. The minimum atomic E-state index is -0.992. The number of hydrogen-bond donors (Lipinski definition) is 2. The number of carbonyl (C=O) groups is 2. The second-order valence-corrected chi connectivity index (χ2v) is 10.4. The first-order valence-electron chi connectivity index (χ1n) is 11.4. The molecule has 0 radical (unpaired) electrons. The van der Waals surface area contributed by atoms with Gasteiger partial charge in [-0.25, -0.2) is 4.39 Å². The van der Waals surface area contributed by atoms with Crippen LogP contribution < -0.4 is 4.90 Å². The standard InChI is InChI=1S/C28H20FN3O4S2/c29-21-9-5-4-8-19(21)16-37-28-31-30-27(38-28)32-24(18-11-13-20(33)14-12-18)23(25(35)26(32)36)22(34)15-10-17-6-2-1-3-7-17/h1-15,24,33,35H,16H2. The largest absolute Gasteiger partial charge is 0.508 e. The van der Waals surface area contributed by atoms with E-state index in [2.05, 4.69) is 10.2 Å². The van der Waals surface area contributed by atoms with Crippen molar-refractivity contribution in [1.29, 1.82) is 0 Å². The predicted octanol–water partition coefficient (Wildman–Crippen LogP) is 5.86. The summed E-state index contributed by atoms with van der Waals surface area (Å²) in [4.78, 5) is 27.8. The van der Waals surface area contributed by atoms with Gasteiger partial charge in [0.05, 0.1) is 11.6 Å². The van der Waals surface area contributed by atoms with Crippen LogP contribution in [0.25, 0.3) is 6.08 Å². The molecule has 0 saturated heterocycles. The molecule has 1 aliphatic rings. The molecule has 2 N–H and O–H groups in total. The van der Waals surface area contributed by atoms with Crippen molar-refractivity contribution in [1.82, 2.24) is 10.2 Å². The number of amides is 1. The van der Waals surface area contributed by atoms with Gasteiger partial charge in [0.1, 0.15) is 11.6 Å². The number of anilines is 1. The molecule has 1 amide bonds. The van der Waals surface area contributed by atoms with Crippen LogP contribution in [0, 0.1) is 5.82 Å². The van der Waals surface area contributed by atoms with Crippen LogP contribution in [-0.4, -0.2) is 32.1 Å². The Balaban J connectivity index is 1.46. The summed E-state index contributed by atoms with van der Waals surface area (Å²) in [6.07, 6.45) is 2.91. The summed E-state index contributed by atoms with van der Waals surface area (Å²) in [7, 11) is 0. The van der Waals surface area contributed by atoms with Crippen LogP contribution in [0.3, 0.4) is 0 Å². The van der Waals surface area contributed by atoms with Gasteiger partial charge in [0, 0.05) is 5.75 Å². The minimum absolute atomic E-state index is 0.0115. The third kappa shape index (κ3) is 5.22. The molecule has 5 rings (SSSR count). The number of hydrogen-bond acceptors (Lipinski definition) is 8. The van der Waals surface area contributed by atoms with Crippen LogP contribution in [0.4, 0.5) is 9.52 Å². The number of aliphatic hydroxyl groups is 1. The maximum Gasteiger partial charge on any atom is 0.296 e. The Morgan fingerprint density at radius 3 is 2.45 bits per heavy atom. The van der Waals surface area contributed by atoms with E-state index in [-0.39, 0.29) is 22.3 Å². The number of phenolic OH excluding ortho intramolecular Hbond substituents is 1. The van der Waals surface area contributed by atoms with Crippen molar-refractivity contribution in [2.75, 3.05) is 4.90 Å². The van der Waals surface area contributed by atoms with Gasteiger partial charge in [0.15, 0.2) is 15.9 Å². The highest BCUT2D eigenvalue weighted by Gasteiger charge is 2.45. The Labute approximate surface area is 225 Å². The second kappa shape index (κ2) is 11.0. The van der Waals surface area contributed by atoms with E-state index < -0.39 is 23.5 Å². The molecule has 0 fully saturated rings. The lowest BCUT2D eigenvalue weighted by Gasteiger charge is -2.23. The fourth-order valence-corrected chi connectivity index (χ4v) is 5.82. The van der Waals surface area contributed by atoms with Crippen LogP contribution in [0.2, 0.25) is 0 Å². The van der Waals surface area contributed by atoms with Gasteiger partial charge in [-0.1, -0.05) is 89.8 Å². The number of aromatic nitrogens is 2. The zero-order valence-corrected chi connectivity index (χ0v) is 21.3. The van der Waals surface area contributed by atoms with E-state index in [0.29, 0.717) is 21.2 Å². The number of phenols is 1. The van der Waals surface area contributed by atoms with Crippen LogP contribution in [0.15, 0.2) is 101 Å². The molecule has 1 unspecified atom stereocenters. The summed E-state index contributed by atoms with van der Waals surface area (Å²) in [6.45, 7) is 0. The van der Waals surface area contributed by atoms with Crippen LogP contribution >= 0.6 is 23.1 Å². The number of rotatable bonds is 8. The number of nitrogens with zero attached hydrogens (tertiary/aromatic N) is 3. The molecule has 0 saturated carbocycles. The van der Waals surface area contributed by atoms with Gasteiger partial charge in [0.25, 0.3) is 5.91 Å². The average molecular weight is 546 g/mol. The van der Waals surface area contributed by atoms with Gasteiger partial charge in [-0.2, -0.15) is 0 Å². The topological polar surface area (TPSA) is 104 Å². The van der Waals surface area contributed by atoms with E-state index in [1.807, 2.05) is 30.3 Å². The van der Waals surface area contributed by atoms with E-state index in [1.165, 1.54) is 40.9 Å². The molecule has 0 bridgehead atoms. The van der Waals surface area contributed by atoms with Gasteiger partial charge in [-0.15, -0.1) is 10.2 Å². The summed E-state index contributed by atoms with van der Waals surface area (Å²) in [5.41, 5.74) is 1.67. The van der Waals surface area contributed by atoms with Crippen LogP contribution in [-0.2, 0) is 15.3 Å².